The van der Waals surface area contributed by atoms with Crippen LogP contribution < -0.4 is 9.30 Å². The summed E-state index contributed by atoms with van der Waals surface area (Å²) in [5.41, 5.74) is 12.2. The van der Waals surface area contributed by atoms with Gasteiger partial charge in [0, 0.05) is 50.5 Å². The van der Waals surface area contributed by atoms with E-state index in [0.29, 0.717) is 11.5 Å². The first-order valence-corrected chi connectivity index (χ1v) is 25.3. The number of para-hydroxylation sites is 1. The number of ether oxygens (including phenoxy) is 1. The van der Waals surface area contributed by atoms with Gasteiger partial charge in [-0.2, -0.15) is 6.07 Å². The number of pyridine rings is 1. The standard InChI is InChI=1S/C66H72N4O.Pt/c1-61(2,3)46-31-32-67-59(38-46)70-56-30-24-23-29-54(56)60-55(66(15,16)45-27-21-18-22-28-45)40-53(41-57(60)70)71-52-37-49(65(13,14)44-25-19-17-20-26-44)36-51(39-52)69-43-68(42-58(69)64(10,11)12)50-34-47(62(4,5)6)33-48(35-50)63(7,8)9;/h17-38,40,42H,1-16H3;/q-2;. The molecule has 0 bridgehead atoms. The van der Waals surface area contributed by atoms with Crippen LogP contribution >= 0.6 is 0 Å². The van der Waals surface area contributed by atoms with Crippen LogP contribution in [-0.4, -0.2) is 14.1 Å². The van der Waals surface area contributed by atoms with Crippen LogP contribution in [-0.2, 0) is 53.6 Å². The van der Waals surface area contributed by atoms with Gasteiger partial charge in [0.05, 0.1) is 11.4 Å². The SMILES string of the molecule is CC(C)(C)c1cc(-[n+]2[c-]n(-c3[c-]c(Oc4[c-]c5c(c(C(C)(C)c6ccccc6)c4)c4ccccc4n5-c4cc(C(C)(C)C)ccn4)cc(C(C)(C)c4ccccc4)c3)c(C(C)(C)C)c2)cc(C(C)(C)C)c1.[Pt]. The van der Waals surface area contributed by atoms with Gasteiger partial charge in [0.1, 0.15) is 5.82 Å². The number of fused-ring (bicyclic) bond motifs is 3. The predicted octanol–water partition coefficient (Wildman–Crippen LogP) is 16.3. The summed E-state index contributed by atoms with van der Waals surface area (Å²) in [6.45, 7) is 36.5. The number of aromatic nitrogens is 4. The van der Waals surface area contributed by atoms with Crippen LogP contribution in [0.4, 0.5) is 0 Å². The Hall–Kier alpha value is -6.03. The van der Waals surface area contributed by atoms with Gasteiger partial charge in [0.15, 0.2) is 0 Å². The van der Waals surface area contributed by atoms with Gasteiger partial charge in [-0.15, -0.1) is 35.4 Å². The quantitative estimate of drug-likeness (QED) is 0.107. The number of rotatable bonds is 9. The zero-order valence-electron chi connectivity index (χ0n) is 45.4. The molecule has 3 heterocycles. The molecule has 9 aromatic rings. The largest absolute Gasteiger partial charge is 0.510 e. The molecule has 0 spiro atoms. The summed E-state index contributed by atoms with van der Waals surface area (Å²) in [6, 6.07) is 55.9. The van der Waals surface area contributed by atoms with E-state index in [2.05, 4.69) is 283 Å². The average molecular weight is 1130 g/mol. The fourth-order valence-electron chi connectivity index (χ4n) is 9.83. The Morgan fingerprint density at radius 3 is 1.64 bits per heavy atom. The van der Waals surface area contributed by atoms with Crippen LogP contribution in [0, 0.1) is 18.5 Å². The van der Waals surface area contributed by atoms with Crippen LogP contribution in [0.5, 0.6) is 11.5 Å². The Morgan fingerprint density at radius 2 is 1.06 bits per heavy atom. The molecule has 5 nitrogen and oxygen atoms in total. The second kappa shape index (κ2) is 18.8. The normalized spacial score (nSPS) is 12.9. The van der Waals surface area contributed by atoms with Gasteiger partial charge in [-0.05, 0) is 102 Å². The minimum absolute atomic E-state index is 0. The van der Waals surface area contributed by atoms with Gasteiger partial charge in [0.2, 0.25) is 0 Å². The van der Waals surface area contributed by atoms with Crippen LogP contribution in [0.25, 0.3) is 39.0 Å². The molecule has 0 aliphatic rings. The van der Waals surface area contributed by atoms with E-state index in [1.807, 2.05) is 6.20 Å². The van der Waals surface area contributed by atoms with Crippen molar-refractivity contribution in [2.24, 2.45) is 0 Å². The minimum Gasteiger partial charge on any atom is -0.510 e. The molecule has 374 valence electrons. The van der Waals surface area contributed by atoms with Crippen molar-refractivity contribution in [3.8, 4) is 28.7 Å². The minimum atomic E-state index is -0.430. The molecule has 72 heavy (non-hydrogen) atoms. The molecule has 3 aromatic heterocycles. The van der Waals surface area contributed by atoms with Gasteiger partial charge in [-0.3, -0.25) is 4.57 Å². The number of imidazole rings is 1. The third-order valence-corrected chi connectivity index (χ3v) is 14.6. The Morgan fingerprint density at radius 1 is 0.500 bits per heavy atom. The monoisotopic (exact) mass is 1130 g/mol. The fourth-order valence-corrected chi connectivity index (χ4v) is 9.83. The van der Waals surface area contributed by atoms with E-state index in [1.165, 1.54) is 27.8 Å². The maximum absolute atomic E-state index is 7.30. The van der Waals surface area contributed by atoms with Crippen LogP contribution in [0.1, 0.15) is 155 Å². The van der Waals surface area contributed by atoms with Gasteiger partial charge in [0.25, 0.3) is 6.33 Å². The Labute approximate surface area is 444 Å². The Kier molecular flexibility index (Phi) is 13.6. The van der Waals surface area contributed by atoms with Crippen molar-refractivity contribution in [2.75, 3.05) is 0 Å². The number of benzene rings is 6. The summed E-state index contributed by atoms with van der Waals surface area (Å²) in [4.78, 5) is 5.04. The molecule has 0 saturated heterocycles. The number of hydrogen-bond acceptors (Lipinski definition) is 2. The van der Waals surface area contributed by atoms with Crippen molar-refractivity contribution in [3.63, 3.8) is 0 Å². The van der Waals surface area contributed by atoms with Crippen molar-refractivity contribution in [3.05, 3.63) is 209 Å². The molecule has 6 heteroatoms. The Balaban J connectivity index is 0.00000693. The molecule has 0 amide bonds. The molecular formula is C66H72N4OPt-2. The first-order chi connectivity index (χ1) is 33.2. The Bertz CT molecular complexity index is 3390. The van der Waals surface area contributed by atoms with Crippen LogP contribution in [0.15, 0.2) is 146 Å². The van der Waals surface area contributed by atoms with E-state index in [1.54, 1.807) is 0 Å². The van der Waals surface area contributed by atoms with Crippen molar-refractivity contribution >= 4 is 21.8 Å². The van der Waals surface area contributed by atoms with Crippen LogP contribution in [0.3, 0.4) is 0 Å². The molecule has 0 saturated carbocycles. The summed E-state index contributed by atoms with van der Waals surface area (Å²) in [5, 5.41) is 2.27. The maximum atomic E-state index is 7.30. The van der Waals surface area contributed by atoms with E-state index in [9.17, 15) is 0 Å². The smallest absolute Gasteiger partial charge is 0.267 e. The maximum Gasteiger partial charge on any atom is 0.267 e. The van der Waals surface area contributed by atoms with E-state index < -0.39 is 10.8 Å². The summed E-state index contributed by atoms with van der Waals surface area (Å²) in [6.07, 6.45) is 8.02. The van der Waals surface area contributed by atoms with Gasteiger partial charge in [-0.25, -0.2) is 4.98 Å². The molecule has 6 aromatic carbocycles. The average Bonchev–Trinajstić information content (AvgIpc) is 3.92. The van der Waals surface area contributed by atoms with Crippen molar-refractivity contribution in [2.45, 2.75) is 143 Å². The molecule has 0 radical (unpaired) electrons. The third-order valence-electron chi connectivity index (χ3n) is 14.6. The zero-order chi connectivity index (χ0) is 51.1. The topological polar surface area (TPSA) is 35.9 Å². The fraction of sp³-hybridized carbons (Fsp3) is 0.333. The second-order valence-electron chi connectivity index (χ2n) is 24.8. The molecular weight excluding hydrogens is 1060 g/mol. The summed E-state index contributed by atoms with van der Waals surface area (Å²) < 4.78 is 13.9. The first-order valence-electron chi connectivity index (χ1n) is 25.3. The number of nitrogens with zero attached hydrogens (tertiary/aromatic N) is 4. The molecule has 0 unspecified atom stereocenters. The second-order valence-corrected chi connectivity index (χ2v) is 24.8. The predicted molar refractivity (Wildman–Crippen MR) is 294 cm³/mol. The van der Waals surface area contributed by atoms with E-state index in [0.717, 1.165) is 55.8 Å². The summed E-state index contributed by atoms with van der Waals surface area (Å²) in [5.74, 6) is 2.03. The van der Waals surface area contributed by atoms with Gasteiger partial charge >= 0.3 is 0 Å². The molecule has 0 atom stereocenters. The van der Waals surface area contributed by atoms with Crippen molar-refractivity contribution in [1.82, 2.24) is 14.1 Å². The number of hydrogen-bond donors (Lipinski definition) is 0. The van der Waals surface area contributed by atoms with E-state index in [-0.39, 0.29) is 42.7 Å². The van der Waals surface area contributed by atoms with Crippen molar-refractivity contribution < 1.29 is 30.4 Å². The molecule has 0 N–H and O–H groups in total. The third kappa shape index (κ3) is 10.0. The summed E-state index contributed by atoms with van der Waals surface area (Å²) in [7, 11) is 0. The van der Waals surface area contributed by atoms with Gasteiger partial charge in [-0.1, -0.05) is 207 Å². The zero-order valence-corrected chi connectivity index (χ0v) is 47.6. The van der Waals surface area contributed by atoms with Gasteiger partial charge < -0.3 is 13.9 Å². The summed E-state index contributed by atoms with van der Waals surface area (Å²) >= 11 is 0. The van der Waals surface area contributed by atoms with E-state index in [4.69, 9.17) is 9.72 Å². The van der Waals surface area contributed by atoms with E-state index >= 15 is 0 Å². The molecule has 0 aliphatic heterocycles. The van der Waals surface area contributed by atoms with Crippen LogP contribution in [0.2, 0.25) is 0 Å². The molecule has 9 rings (SSSR count). The molecule has 0 aliphatic carbocycles. The van der Waals surface area contributed by atoms with Crippen molar-refractivity contribution in [1.29, 1.82) is 0 Å². The molecule has 0 fully saturated rings. The first kappa shape index (κ1) is 52.3.